The number of rotatable bonds is 5. The Morgan fingerprint density at radius 1 is 1.11 bits per heavy atom. The van der Waals surface area contributed by atoms with E-state index in [1.807, 2.05) is 13.0 Å². The molecule has 0 radical (unpaired) electrons. The van der Waals surface area contributed by atoms with Gasteiger partial charge in [0.15, 0.2) is 0 Å². The van der Waals surface area contributed by atoms with Crippen LogP contribution in [-0.2, 0) is 17.1 Å². The lowest BCUT2D eigenvalue weighted by Crippen LogP contribution is -2.14. The normalized spacial score (nSPS) is 11.4. The van der Waals surface area contributed by atoms with E-state index >= 15 is 0 Å². The molecular weight excluding hydrogens is 366 g/mol. The monoisotopic (exact) mass is 385 g/mol. The Balaban J connectivity index is 1.90. The molecule has 140 valence electrons. The highest BCUT2D eigenvalue weighted by atomic mass is 32.2. The Labute approximate surface area is 157 Å². The Bertz CT molecular complexity index is 1120. The average molecular weight is 385 g/mol. The summed E-state index contributed by atoms with van der Waals surface area (Å²) in [5, 5.41) is 13.4. The number of aromatic nitrogens is 2. The highest BCUT2D eigenvalue weighted by molar-refractivity contribution is 7.92. The van der Waals surface area contributed by atoms with Crippen LogP contribution in [0.1, 0.15) is 21.5 Å². The second-order valence-corrected chi connectivity index (χ2v) is 7.97. The first-order valence-corrected chi connectivity index (χ1v) is 9.63. The lowest BCUT2D eigenvalue weighted by atomic mass is 10.1. The van der Waals surface area contributed by atoms with Gasteiger partial charge in [0.05, 0.1) is 4.90 Å². The van der Waals surface area contributed by atoms with Crippen LogP contribution < -0.4 is 4.72 Å². The van der Waals surface area contributed by atoms with E-state index in [9.17, 15) is 18.3 Å². The summed E-state index contributed by atoms with van der Waals surface area (Å²) in [5.41, 5.74) is 2.89. The Hall–Kier alpha value is -3.13. The van der Waals surface area contributed by atoms with Crippen LogP contribution >= 0.6 is 0 Å². The van der Waals surface area contributed by atoms with Gasteiger partial charge in [0.25, 0.3) is 10.0 Å². The summed E-state index contributed by atoms with van der Waals surface area (Å²) in [6.07, 6.45) is 1.43. The van der Waals surface area contributed by atoms with Gasteiger partial charge in [-0.1, -0.05) is 24.3 Å². The fourth-order valence-electron chi connectivity index (χ4n) is 2.76. The first-order chi connectivity index (χ1) is 12.7. The molecule has 0 aliphatic rings. The molecule has 3 rings (SSSR count). The number of aryl methyl sites for hydroxylation is 3. The van der Waals surface area contributed by atoms with Crippen molar-refractivity contribution in [2.24, 2.45) is 7.05 Å². The van der Waals surface area contributed by atoms with Crippen molar-refractivity contribution in [1.82, 2.24) is 9.78 Å². The summed E-state index contributed by atoms with van der Waals surface area (Å²) in [7, 11) is -2.08. The third kappa shape index (κ3) is 3.85. The van der Waals surface area contributed by atoms with Crippen LogP contribution in [0.4, 0.5) is 5.69 Å². The molecule has 7 nitrogen and oxygen atoms in total. The highest BCUT2D eigenvalue weighted by Crippen LogP contribution is 2.25. The van der Waals surface area contributed by atoms with E-state index in [1.165, 1.54) is 10.9 Å². The maximum Gasteiger partial charge on any atom is 0.339 e. The maximum atomic E-state index is 12.7. The van der Waals surface area contributed by atoms with Crippen LogP contribution in [0.2, 0.25) is 0 Å². The summed E-state index contributed by atoms with van der Waals surface area (Å²) in [6.45, 7) is 3.58. The summed E-state index contributed by atoms with van der Waals surface area (Å²) in [4.78, 5) is 11.6. The van der Waals surface area contributed by atoms with Crippen molar-refractivity contribution in [2.45, 2.75) is 18.7 Å². The van der Waals surface area contributed by atoms with Crippen LogP contribution in [0, 0.1) is 13.8 Å². The van der Waals surface area contributed by atoms with E-state index in [4.69, 9.17) is 0 Å². The molecule has 0 bridgehead atoms. The van der Waals surface area contributed by atoms with Gasteiger partial charge in [-0.3, -0.25) is 9.40 Å². The van der Waals surface area contributed by atoms with Gasteiger partial charge in [-0.05, 0) is 43.2 Å². The van der Waals surface area contributed by atoms with Crippen molar-refractivity contribution in [1.29, 1.82) is 0 Å². The molecule has 0 saturated heterocycles. The number of carboxylic acid groups (broad SMARTS) is 1. The predicted molar refractivity (Wildman–Crippen MR) is 102 cm³/mol. The number of nitrogens with one attached hydrogen (secondary N) is 1. The summed E-state index contributed by atoms with van der Waals surface area (Å²) in [5.74, 6) is -1.07. The lowest BCUT2D eigenvalue weighted by Gasteiger charge is -2.11. The Morgan fingerprint density at radius 2 is 1.78 bits per heavy atom. The van der Waals surface area contributed by atoms with Crippen LogP contribution in [0.5, 0.6) is 0 Å². The van der Waals surface area contributed by atoms with Crippen molar-refractivity contribution in [3.05, 3.63) is 65.4 Å². The van der Waals surface area contributed by atoms with E-state index in [1.54, 1.807) is 50.4 Å². The molecular formula is C19H19N3O4S. The molecule has 0 atom stereocenters. The second kappa shape index (κ2) is 6.88. The van der Waals surface area contributed by atoms with Gasteiger partial charge in [-0.2, -0.15) is 5.10 Å². The van der Waals surface area contributed by atoms with Gasteiger partial charge in [0.1, 0.15) is 11.3 Å². The molecule has 0 amide bonds. The molecule has 0 aliphatic carbocycles. The Morgan fingerprint density at radius 3 is 2.41 bits per heavy atom. The van der Waals surface area contributed by atoms with Crippen molar-refractivity contribution < 1.29 is 18.3 Å². The van der Waals surface area contributed by atoms with Gasteiger partial charge < -0.3 is 5.11 Å². The molecule has 0 fully saturated rings. The zero-order chi connectivity index (χ0) is 19.8. The van der Waals surface area contributed by atoms with Gasteiger partial charge in [-0.25, -0.2) is 13.2 Å². The first-order valence-electron chi connectivity index (χ1n) is 8.15. The van der Waals surface area contributed by atoms with Crippen molar-refractivity contribution in [3.63, 3.8) is 0 Å². The zero-order valence-electron chi connectivity index (χ0n) is 15.1. The zero-order valence-corrected chi connectivity index (χ0v) is 15.9. The average Bonchev–Trinajstić information content (AvgIpc) is 2.99. The molecule has 0 unspecified atom stereocenters. The smallest absolute Gasteiger partial charge is 0.339 e. The van der Waals surface area contributed by atoms with E-state index in [-0.39, 0.29) is 10.5 Å². The van der Waals surface area contributed by atoms with Crippen molar-refractivity contribution in [3.8, 4) is 11.3 Å². The lowest BCUT2D eigenvalue weighted by molar-refractivity contribution is 0.0697. The SMILES string of the molecule is Cc1ccc(C)c(S(=O)(=O)Nc2ccc(-c3nn(C)cc3C(=O)O)cc2)c1. The van der Waals surface area contributed by atoms with Gasteiger partial charge in [0, 0.05) is 24.5 Å². The molecule has 2 N–H and O–H groups in total. The van der Waals surface area contributed by atoms with E-state index in [2.05, 4.69) is 9.82 Å². The summed E-state index contributed by atoms with van der Waals surface area (Å²) >= 11 is 0. The summed E-state index contributed by atoms with van der Waals surface area (Å²) < 4.78 is 29.3. The van der Waals surface area contributed by atoms with E-state index in [0.717, 1.165) is 5.56 Å². The molecule has 2 aromatic carbocycles. The number of benzene rings is 2. The van der Waals surface area contributed by atoms with Crippen molar-refractivity contribution in [2.75, 3.05) is 4.72 Å². The number of nitrogens with zero attached hydrogens (tertiary/aromatic N) is 2. The summed E-state index contributed by atoms with van der Waals surface area (Å²) in [6, 6.07) is 11.7. The fourth-order valence-corrected chi connectivity index (χ4v) is 4.15. The van der Waals surface area contributed by atoms with Crippen LogP contribution in [0.25, 0.3) is 11.3 Å². The molecule has 1 aromatic heterocycles. The fraction of sp³-hybridized carbons (Fsp3) is 0.158. The number of hydrogen-bond acceptors (Lipinski definition) is 4. The van der Waals surface area contributed by atoms with Crippen LogP contribution in [0.3, 0.4) is 0 Å². The molecule has 3 aromatic rings. The topological polar surface area (TPSA) is 101 Å². The molecule has 0 spiro atoms. The molecule has 27 heavy (non-hydrogen) atoms. The number of anilines is 1. The second-order valence-electron chi connectivity index (χ2n) is 6.32. The Kier molecular flexibility index (Phi) is 4.75. The number of sulfonamides is 1. The molecule has 1 heterocycles. The minimum absolute atomic E-state index is 0.0845. The van der Waals surface area contributed by atoms with Gasteiger partial charge >= 0.3 is 5.97 Å². The van der Waals surface area contributed by atoms with E-state index < -0.39 is 16.0 Å². The van der Waals surface area contributed by atoms with Gasteiger partial charge in [-0.15, -0.1) is 0 Å². The number of carbonyl (C=O) groups is 1. The number of carboxylic acids is 1. The quantitative estimate of drug-likeness (QED) is 0.702. The van der Waals surface area contributed by atoms with Crippen LogP contribution in [0.15, 0.2) is 53.6 Å². The first kappa shape index (κ1) is 18.7. The third-order valence-electron chi connectivity index (χ3n) is 4.10. The maximum absolute atomic E-state index is 12.7. The third-order valence-corrected chi connectivity index (χ3v) is 5.63. The number of hydrogen-bond donors (Lipinski definition) is 2. The van der Waals surface area contributed by atoms with E-state index in [0.29, 0.717) is 22.5 Å². The molecule has 8 heteroatoms. The van der Waals surface area contributed by atoms with Crippen LogP contribution in [-0.4, -0.2) is 29.3 Å². The minimum Gasteiger partial charge on any atom is -0.478 e. The standard InChI is InChI=1S/C19H19N3O4S/c1-12-4-5-13(2)17(10-12)27(25,26)21-15-8-6-14(7-9-15)18-16(19(23)24)11-22(3)20-18/h4-11,21H,1-3H3,(H,23,24). The predicted octanol–water partition coefficient (Wildman–Crippen LogP) is 3.20. The highest BCUT2D eigenvalue weighted by Gasteiger charge is 2.19. The van der Waals surface area contributed by atoms with Crippen molar-refractivity contribution >= 4 is 21.7 Å². The molecule has 0 saturated carbocycles. The molecule has 0 aliphatic heterocycles. The largest absolute Gasteiger partial charge is 0.478 e. The minimum atomic E-state index is -3.73. The van der Waals surface area contributed by atoms with Gasteiger partial charge in [0.2, 0.25) is 0 Å². The number of aromatic carboxylic acids is 1.